The molecule has 0 aliphatic carbocycles. The third-order valence-electron chi connectivity index (χ3n) is 5.21. The smallest absolute Gasteiger partial charge is 0.251 e. The summed E-state index contributed by atoms with van der Waals surface area (Å²) in [7, 11) is 0. The molecule has 1 unspecified atom stereocenters. The molecule has 0 radical (unpaired) electrons. The van der Waals surface area contributed by atoms with Crippen LogP contribution in [0.3, 0.4) is 0 Å². The molecule has 30 heavy (non-hydrogen) atoms. The van der Waals surface area contributed by atoms with Crippen molar-refractivity contribution in [1.29, 1.82) is 0 Å². The quantitative estimate of drug-likeness (QED) is 0.566. The zero-order chi connectivity index (χ0) is 21.4. The predicted octanol–water partition coefficient (Wildman–Crippen LogP) is 5.25. The van der Waals surface area contributed by atoms with Crippen LogP contribution in [0.1, 0.15) is 30.6 Å². The van der Waals surface area contributed by atoms with Crippen molar-refractivity contribution < 1.29 is 9.59 Å². The van der Waals surface area contributed by atoms with Crippen molar-refractivity contribution in [2.24, 2.45) is 0 Å². The number of aromatic nitrogens is 2. The van der Waals surface area contributed by atoms with Crippen molar-refractivity contribution in [3.63, 3.8) is 0 Å². The van der Waals surface area contributed by atoms with Crippen LogP contribution in [0.25, 0.3) is 11.1 Å². The summed E-state index contributed by atoms with van der Waals surface area (Å²) < 4.78 is 1.62. The van der Waals surface area contributed by atoms with Gasteiger partial charge in [-0.3, -0.25) is 9.59 Å². The number of rotatable bonds is 5. The Morgan fingerprint density at radius 2 is 1.93 bits per heavy atom. The lowest BCUT2D eigenvalue weighted by Crippen LogP contribution is -2.24. The van der Waals surface area contributed by atoms with Crippen LogP contribution in [0.5, 0.6) is 0 Å². The summed E-state index contributed by atoms with van der Waals surface area (Å²) in [6, 6.07) is 12.0. The van der Waals surface area contributed by atoms with E-state index in [-0.39, 0.29) is 18.2 Å². The summed E-state index contributed by atoms with van der Waals surface area (Å²) in [5.74, 6) is 0.0687. The fourth-order valence-corrected chi connectivity index (χ4v) is 3.90. The molecule has 2 aromatic carbocycles. The van der Waals surface area contributed by atoms with Gasteiger partial charge in [0.2, 0.25) is 5.91 Å². The lowest BCUT2D eigenvalue weighted by atomic mass is 10.0. The van der Waals surface area contributed by atoms with Crippen molar-refractivity contribution in [2.45, 2.75) is 32.7 Å². The van der Waals surface area contributed by atoms with Gasteiger partial charge in [0.1, 0.15) is 11.9 Å². The molecule has 3 aromatic rings. The van der Waals surface area contributed by atoms with Gasteiger partial charge in [-0.1, -0.05) is 48.3 Å². The second-order valence-corrected chi connectivity index (χ2v) is 7.99. The Labute approximate surface area is 184 Å². The SMILES string of the molecule is CCc1nn2c(c1-c1ccc(Cl)cc1)NC(=O)C2CC(=O)Nc1cccc(Cl)c1C. The maximum absolute atomic E-state index is 12.7. The second-order valence-electron chi connectivity index (χ2n) is 7.15. The van der Waals surface area contributed by atoms with Gasteiger partial charge in [-0.2, -0.15) is 5.10 Å². The summed E-state index contributed by atoms with van der Waals surface area (Å²) in [5.41, 5.74) is 4.03. The van der Waals surface area contributed by atoms with Crippen LogP contribution in [-0.4, -0.2) is 21.6 Å². The van der Waals surface area contributed by atoms with Gasteiger partial charge in [0.25, 0.3) is 5.91 Å². The number of benzene rings is 2. The molecule has 8 heteroatoms. The van der Waals surface area contributed by atoms with Crippen LogP contribution in [0, 0.1) is 6.92 Å². The van der Waals surface area contributed by atoms with E-state index in [4.69, 9.17) is 23.2 Å². The van der Waals surface area contributed by atoms with E-state index in [2.05, 4.69) is 15.7 Å². The maximum atomic E-state index is 12.7. The molecule has 1 aliphatic rings. The van der Waals surface area contributed by atoms with Crippen molar-refractivity contribution in [2.75, 3.05) is 10.6 Å². The van der Waals surface area contributed by atoms with Gasteiger partial charge in [-0.05, 0) is 48.7 Å². The van der Waals surface area contributed by atoms with E-state index in [0.29, 0.717) is 28.0 Å². The number of carbonyl (C=O) groups excluding carboxylic acids is 2. The zero-order valence-electron chi connectivity index (χ0n) is 16.5. The summed E-state index contributed by atoms with van der Waals surface area (Å²) in [5, 5.41) is 11.6. The molecular formula is C22H20Cl2N4O2. The Hall–Kier alpha value is -2.83. The fraction of sp³-hybridized carbons (Fsp3) is 0.227. The van der Waals surface area contributed by atoms with Gasteiger partial charge >= 0.3 is 0 Å². The molecule has 1 atom stereocenters. The van der Waals surface area contributed by atoms with Crippen LogP contribution in [0.15, 0.2) is 42.5 Å². The molecule has 0 bridgehead atoms. The number of anilines is 2. The number of fused-ring (bicyclic) bond motifs is 1. The minimum atomic E-state index is -0.717. The van der Waals surface area contributed by atoms with E-state index < -0.39 is 6.04 Å². The molecule has 4 rings (SSSR count). The van der Waals surface area contributed by atoms with Crippen LogP contribution >= 0.6 is 23.2 Å². The van der Waals surface area contributed by atoms with E-state index in [9.17, 15) is 9.59 Å². The third-order valence-corrected chi connectivity index (χ3v) is 5.87. The molecule has 0 spiro atoms. The number of nitrogens with zero attached hydrogens (tertiary/aromatic N) is 2. The molecule has 1 aromatic heterocycles. The number of aryl methyl sites for hydroxylation is 1. The van der Waals surface area contributed by atoms with Crippen molar-refractivity contribution >= 4 is 46.5 Å². The van der Waals surface area contributed by atoms with Gasteiger partial charge in [0.05, 0.1) is 12.1 Å². The average Bonchev–Trinajstić information content (AvgIpc) is 3.21. The molecule has 2 N–H and O–H groups in total. The molecular weight excluding hydrogens is 423 g/mol. The number of hydrogen-bond acceptors (Lipinski definition) is 3. The summed E-state index contributed by atoms with van der Waals surface area (Å²) >= 11 is 12.1. The van der Waals surface area contributed by atoms with Gasteiger partial charge in [-0.25, -0.2) is 4.68 Å². The molecule has 0 fully saturated rings. The zero-order valence-corrected chi connectivity index (χ0v) is 18.0. The van der Waals surface area contributed by atoms with E-state index in [1.165, 1.54) is 0 Å². The predicted molar refractivity (Wildman–Crippen MR) is 119 cm³/mol. The molecule has 154 valence electrons. The summed E-state index contributed by atoms with van der Waals surface area (Å²) in [6.07, 6.45) is 0.657. The van der Waals surface area contributed by atoms with Gasteiger partial charge in [0, 0.05) is 21.3 Å². The summed E-state index contributed by atoms with van der Waals surface area (Å²) in [6.45, 7) is 3.83. The highest BCUT2D eigenvalue weighted by Gasteiger charge is 2.36. The Balaban J connectivity index is 1.62. The molecule has 2 amide bonds. The molecule has 1 aliphatic heterocycles. The number of halogens is 2. The topological polar surface area (TPSA) is 76.0 Å². The van der Waals surface area contributed by atoms with E-state index in [0.717, 1.165) is 22.4 Å². The van der Waals surface area contributed by atoms with Crippen LogP contribution < -0.4 is 10.6 Å². The molecule has 0 saturated heterocycles. The van der Waals surface area contributed by atoms with Gasteiger partial charge in [0.15, 0.2) is 0 Å². The lowest BCUT2D eigenvalue weighted by Gasteiger charge is -2.12. The van der Waals surface area contributed by atoms with Gasteiger partial charge < -0.3 is 10.6 Å². The highest BCUT2D eigenvalue weighted by atomic mass is 35.5. The van der Waals surface area contributed by atoms with Gasteiger partial charge in [-0.15, -0.1) is 0 Å². The Kier molecular flexibility index (Phi) is 5.54. The first kappa shape index (κ1) is 20.4. The maximum Gasteiger partial charge on any atom is 0.251 e. The standard InChI is InChI=1S/C22H20Cl2N4O2/c1-3-16-20(13-7-9-14(23)10-8-13)21-26-22(30)18(28(21)27-16)11-19(29)25-17-6-4-5-15(24)12(17)2/h4-10,18H,3,11H2,1-2H3,(H,25,29)(H,26,30). The number of carbonyl (C=O) groups is 2. The van der Waals surface area contributed by atoms with Crippen molar-refractivity contribution in [1.82, 2.24) is 9.78 Å². The third kappa shape index (κ3) is 3.68. The highest BCUT2D eigenvalue weighted by molar-refractivity contribution is 6.31. The first-order valence-corrected chi connectivity index (χ1v) is 10.4. The van der Waals surface area contributed by atoms with Crippen molar-refractivity contribution in [3.8, 4) is 11.1 Å². The minimum absolute atomic E-state index is 0.0321. The Bertz CT molecular complexity index is 1140. The Morgan fingerprint density at radius 1 is 1.20 bits per heavy atom. The summed E-state index contributed by atoms with van der Waals surface area (Å²) in [4.78, 5) is 25.3. The van der Waals surface area contributed by atoms with Crippen LogP contribution in [0.2, 0.25) is 10.0 Å². The fourth-order valence-electron chi connectivity index (χ4n) is 3.60. The average molecular weight is 443 g/mol. The number of amides is 2. The monoisotopic (exact) mass is 442 g/mol. The second kappa shape index (κ2) is 8.13. The Morgan fingerprint density at radius 3 is 2.63 bits per heavy atom. The normalized spacial score (nSPS) is 15.1. The lowest BCUT2D eigenvalue weighted by molar-refractivity contribution is -0.123. The van der Waals surface area contributed by atoms with E-state index >= 15 is 0 Å². The first-order valence-electron chi connectivity index (χ1n) is 9.62. The highest BCUT2D eigenvalue weighted by Crippen LogP contribution is 2.39. The van der Waals surface area contributed by atoms with E-state index in [1.54, 1.807) is 35.0 Å². The number of nitrogens with one attached hydrogen (secondary N) is 2. The first-order chi connectivity index (χ1) is 14.4. The van der Waals surface area contributed by atoms with E-state index in [1.807, 2.05) is 26.0 Å². The largest absolute Gasteiger partial charge is 0.326 e. The van der Waals surface area contributed by atoms with Crippen molar-refractivity contribution in [3.05, 3.63) is 63.8 Å². The number of hydrogen-bond donors (Lipinski definition) is 2. The van der Waals surface area contributed by atoms with Crippen LogP contribution in [0.4, 0.5) is 11.5 Å². The molecule has 0 saturated carbocycles. The van der Waals surface area contributed by atoms with Crippen LogP contribution in [-0.2, 0) is 16.0 Å². The molecule has 6 nitrogen and oxygen atoms in total. The minimum Gasteiger partial charge on any atom is -0.326 e. The molecule has 2 heterocycles.